The van der Waals surface area contributed by atoms with Crippen LogP contribution in [-0.2, 0) is 9.47 Å². The highest BCUT2D eigenvalue weighted by atomic mass is 16.5. The fraction of sp³-hybridized carbons (Fsp3) is 1.00. The predicted octanol–water partition coefficient (Wildman–Crippen LogP) is 2.02. The Kier molecular flexibility index (Phi) is 4.51. The Morgan fingerprint density at radius 3 is 2.55 bits per heavy atom. The van der Waals surface area contributed by atoms with Crippen LogP contribution in [0.2, 0.25) is 0 Å². The van der Waals surface area contributed by atoms with Crippen molar-refractivity contribution in [3.05, 3.63) is 0 Å². The van der Waals surface area contributed by atoms with E-state index in [2.05, 4.69) is 32.6 Å². The van der Waals surface area contributed by atoms with Gasteiger partial charge >= 0.3 is 0 Å². The number of piperidine rings is 1. The topological polar surface area (TPSA) is 47.7 Å². The van der Waals surface area contributed by atoms with Crippen LogP contribution in [0.4, 0.5) is 0 Å². The molecule has 1 aliphatic heterocycles. The van der Waals surface area contributed by atoms with E-state index in [1.165, 1.54) is 6.42 Å². The van der Waals surface area contributed by atoms with Gasteiger partial charge in [0.05, 0.1) is 11.7 Å². The van der Waals surface area contributed by atoms with E-state index in [0.29, 0.717) is 6.10 Å². The molecule has 1 saturated carbocycles. The quantitative estimate of drug-likeness (QED) is 0.839. The predicted molar refractivity (Wildman–Crippen MR) is 81.8 cm³/mol. The van der Waals surface area contributed by atoms with Crippen LogP contribution in [0.25, 0.3) is 0 Å². The molecule has 0 radical (unpaired) electrons. The molecule has 4 heteroatoms. The molecular formula is C16H32N2O2. The lowest BCUT2D eigenvalue weighted by Crippen LogP contribution is -2.74. The zero-order valence-corrected chi connectivity index (χ0v) is 13.9. The third kappa shape index (κ3) is 2.76. The maximum absolute atomic E-state index is 6.70. The van der Waals surface area contributed by atoms with E-state index in [0.717, 1.165) is 39.1 Å². The van der Waals surface area contributed by atoms with Gasteiger partial charge < -0.3 is 15.2 Å². The van der Waals surface area contributed by atoms with Crippen molar-refractivity contribution in [2.75, 3.05) is 33.4 Å². The van der Waals surface area contributed by atoms with Crippen molar-refractivity contribution < 1.29 is 9.47 Å². The SMILES string of the molecule is CCOC1CC(N)(CN2CCCC(C)(OC)C2)C1(C)C. The highest BCUT2D eigenvalue weighted by Crippen LogP contribution is 2.50. The fourth-order valence-electron chi connectivity index (χ4n) is 3.78. The summed E-state index contributed by atoms with van der Waals surface area (Å²) in [4.78, 5) is 2.48. The molecule has 2 rings (SSSR count). The van der Waals surface area contributed by atoms with E-state index >= 15 is 0 Å². The summed E-state index contributed by atoms with van der Waals surface area (Å²) in [6.07, 6.45) is 3.60. The van der Waals surface area contributed by atoms with E-state index in [4.69, 9.17) is 15.2 Å². The summed E-state index contributed by atoms with van der Waals surface area (Å²) < 4.78 is 11.5. The Labute approximate surface area is 124 Å². The van der Waals surface area contributed by atoms with Gasteiger partial charge in [0.1, 0.15) is 0 Å². The second-order valence-corrected chi connectivity index (χ2v) is 7.49. The molecule has 0 aromatic heterocycles. The monoisotopic (exact) mass is 284 g/mol. The van der Waals surface area contributed by atoms with Gasteiger partial charge in [0, 0.05) is 37.8 Å². The van der Waals surface area contributed by atoms with Crippen LogP contribution in [0.1, 0.15) is 47.0 Å². The highest BCUT2D eigenvalue weighted by Gasteiger charge is 2.59. The molecule has 0 bridgehead atoms. The van der Waals surface area contributed by atoms with E-state index in [1.807, 2.05) is 7.11 Å². The third-order valence-electron chi connectivity index (χ3n) is 5.74. The molecule has 4 nitrogen and oxygen atoms in total. The first-order chi connectivity index (χ1) is 9.26. The average molecular weight is 284 g/mol. The Bertz CT molecular complexity index is 347. The van der Waals surface area contributed by atoms with Crippen LogP contribution in [0, 0.1) is 5.41 Å². The third-order valence-corrected chi connectivity index (χ3v) is 5.74. The molecule has 118 valence electrons. The number of nitrogens with zero attached hydrogens (tertiary/aromatic N) is 1. The van der Waals surface area contributed by atoms with Crippen molar-refractivity contribution in [1.29, 1.82) is 0 Å². The van der Waals surface area contributed by atoms with Crippen LogP contribution >= 0.6 is 0 Å². The number of hydrogen-bond acceptors (Lipinski definition) is 4. The summed E-state index contributed by atoms with van der Waals surface area (Å²) in [5.41, 5.74) is 6.59. The second kappa shape index (κ2) is 5.56. The number of likely N-dealkylation sites (tertiary alicyclic amines) is 1. The van der Waals surface area contributed by atoms with E-state index in [1.54, 1.807) is 0 Å². The maximum Gasteiger partial charge on any atom is 0.0777 e. The smallest absolute Gasteiger partial charge is 0.0777 e. The van der Waals surface area contributed by atoms with Crippen molar-refractivity contribution in [2.24, 2.45) is 11.1 Å². The minimum atomic E-state index is -0.140. The molecule has 0 spiro atoms. The first-order valence-electron chi connectivity index (χ1n) is 7.94. The van der Waals surface area contributed by atoms with E-state index in [9.17, 15) is 0 Å². The van der Waals surface area contributed by atoms with Gasteiger partial charge in [-0.25, -0.2) is 0 Å². The molecule has 2 N–H and O–H groups in total. The van der Waals surface area contributed by atoms with Crippen LogP contribution in [0.5, 0.6) is 0 Å². The van der Waals surface area contributed by atoms with Crippen molar-refractivity contribution in [3.63, 3.8) is 0 Å². The molecule has 0 aromatic carbocycles. The maximum atomic E-state index is 6.70. The van der Waals surface area contributed by atoms with Crippen LogP contribution in [0.15, 0.2) is 0 Å². The van der Waals surface area contributed by atoms with Gasteiger partial charge in [-0.3, -0.25) is 4.90 Å². The van der Waals surface area contributed by atoms with Crippen molar-refractivity contribution in [3.8, 4) is 0 Å². The molecule has 20 heavy (non-hydrogen) atoms. The summed E-state index contributed by atoms with van der Waals surface area (Å²) in [6, 6.07) is 0. The lowest BCUT2D eigenvalue weighted by Gasteiger charge is -2.61. The fourth-order valence-corrected chi connectivity index (χ4v) is 3.78. The van der Waals surface area contributed by atoms with E-state index in [-0.39, 0.29) is 16.6 Å². The first kappa shape index (κ1) is 16.2. The largest absolute Gasteiger partial charge is 0.378 e. The first-order valence-corrected chi connectivity index (χ1v) is 7.94. The van der Waals surface area contributed by atoms with Gasteiger partial charge in [0.2, 0.25) is 0 Å². The molecule has 3 unspecified atom stereocenters. The van der Waals surface area contributed by atoms with Gasteiger partial charge in [-0.15, -0.1) is 0 Å². The zero-order chi connectivity index (χ0) is 15.0. The standard InChI is InChI=1S/C16H32N2O2/c1-6-20-13-10-16(17,14(13,2)3)12-18-9-7-8-15(4,11-18)19-5/h13H,6-12,17H2,1-5H3. The molecule has 2 fully saturated rings. The number of methoxy groups -OCH3 is 1. The Morgan fingerprint density at radius 2 is 2.00 bits per heavy atom. The molecule has 2 aliphatic rings. The average Bonchev–Trinajstić information content (AvgIpc) is 2.38. The number of rotatable bonds is 5. The summed E-state index contributed by atoms with van der Waals surface area (Å²) in [5.74, 6) is 0. The Hall–Kier alpha value is -0.160. The molecule has 0 aromatic rings. The summed E-state index contributed by atoms with van der Waals surface area (Å²) in [7, 11) is 1.82. The lowest BCUT2D eigenvalue weighted by atomic mass is 9.54. The number of nitrogens with two attached hydrogens (primary N) is 1. The normalized spacial score (nSPS) is 41.4. The summed E-state index contributed by atoms with van der Waals surface area (Å²) in [6.45, 7) is 12.6. The Balaban J connectivity index is 1.96. The molecule has 3 atom stereocenters. The lowest BCUT2D eigenvalue weighted by molar-refractivity contribution is -0.162. The van der Waals surface area contributed by atoms with Crippen molar-refractivity contribution in [2.45, 2.75) is 64.2 Å². The molecule has 1 heterocycles. The van der Waals surface area contributed by atoms with Crippen LogP contribution in [-0.4, -0.2) is 55.5 Å². The molecule has 0 amide bonds. The van der Waals surface area contributed by atoms with Crippen molar-refractivity contribution in [1.82, 2.24) is 4.90 Å². The molecule has 1 saturated heterocycles. The number of ether oxygens (including phenoxy) is 2. The van der Waals surface area contributed by atoms with Crippen LogP contribution < -0.4 is 5.73 Å². The summed E-state index contributed by atoms with van der Waals surface area (Å²) >= 11 is 0. The van der Waals surface area contributed by atoms with Gasteiger partial charge in [0.15, 0.2) is 0 Å². The van der Waals surface area contributed by atoms with Crippen LogP contribution in [0.3, 0.4) is 0 Å². The van der Waals surface area contributed by atoms with Crippen molar-refractivity contribution >= 4 is 0 Å². The minimum Gasteiger partial charge on any atom is -0.378 e. The second-order valence-electron chi connectivity index (χ2n) is 7.49. The van der Waals surface area contributed by atoms with Gasteiger partial charge in [0.25, 0.3) is 0 Å². The van der Waals surface area contributed by atoms with Gasteiger partial charge in [-0.05, 0) is 39.7 Å². The number of hydrogen-bond donors (Lipinski definition) is 1. The summed E-state index contributed by atoms with van der Waals surface area (Å²) in [5, 5.41) is 0. The molecule has 1 aliphatic carbocycles. The van der Waals surface area contributed by atoms with Gasteiger partial charge in [-0.1, -0.05) is 13.8 Å². The highest BCUT2D eigenvalue weighted by molar-refractivity contribution is 5.15. The molecular weight excluding hydrogens is 252 g/mol. The van der Waals surface area contributed by atoms with Gasteiger partial charge in [-0.2, -0.15) is 0 Å². The Morgan fingerprint density at radius 1 is 1.30 bits per heavy atom. The van der Waals surface area contributed by atoms with E-state index < -0.39 is 0 Å². The zero-order valence-electron chi connectivity index (χ0n) is 13.9. The minimum absolute atomic E-state index is 0.0121.